The maximum Gasteiger partial charge on any atom is 0.224 e. The summed E-state index contributed by atoms with van der Waals surface area (Å²) in [5.41, 5.74) is 12.8. The van der Waals surface area contributed by atoms with E-state index in [4.69, 9.17) is 11.5 Å². The Hall–Kier alpha value is -2.41. The van der Waals surface area contributed by atoms with Gasteiger partial charge >= 0.3 is 0 Å². The molecule has 0 aliphatic rings. The maximum atomic E-state index is 5.78. The van der Waals surface area contributed by atoms with Crippen LogP contribution in [0.1, 0.15) is 0 Å². The second-order valence-electron chi connectivity index (χ2n) is 3.63. The van der Waals surface area contributed by atoms with Gasteiger partial charge in [0, 0.05) is 5.69 Å². The third-order valence-corrected chi connectivity index (χ3v) is 3.30. The highest BCUT2D eigenvalue weighted by Crippen LogP contribution is 2.30. The van der Waals surface area contributed by atoms with Crippen LogP contribution in [0, 0.1) is 0 Å². The fraction of sp³-hybridized carbons (Fsp3) is 0. The van der Waals surface area contributed by atoms with E-state index in [0.29, 0.717) is 16.6 Å². The van der Waals surface area contributed by atoms with Crippen LogP contribution in [0.25, 0.3) is 10.3 Å². The normalized spacial score (nSPS) is 10.7. The maximum absolute atomic E-state index is 5.78. The Kier molecular flexibility index (Phi) is 2.45. The zero-order valence-corrected chi connectivity index (χ0v) is 10.1. The summed E-state index contributed by atoms with van der Waals surface area (Å²) in [6, 6.07) is 9.75. The molecule has 90 valence electrons. The predicted molar refractivity (Wildman–Crippen MR) is 73.8 cm³/mol. The molecule has 0 fully saturated rings. The number of anilines is 4. The van der Waals surface area contributed by atoms with Gasteiger partial charge in [-0.3, -0.25) is 0 Å². The Labute approximate surface area is 107 Å². The van der Waals surface area contributed by atoms with Gasteiger partial charge in [0.2, 0.25) is 5.95 Å². The second kappa shape index (κ2) is 4.11. The number of fused-ring (bicyclic) bond motifs is 1. The average molecular weight is 258 g/mol. The Balaban J connectivity index is 2.01. The average Bonchev–Trinajstić information content (AvgIpc) is 2.73. The minimum Gasteiger partial charge on any atom is -0.382 e. The van der Waals surface area contributed by atoms with Gasteiger partial charge < -0.3 is 16.8 Å². The highest BCUT2D eigenvalue weighted by Gasteiger charge is 2.10. The van der Waals surface area contributed by atoms with Crippen molar-refractivity contribution in [1.82, 2.24) is 15.0 Å². The molecule has 0 atom stereocenters. The first kappa shape index (κ1) is 10.7. The van der Waals surface area contributed by atoms with Crippen molar-refractivity contribution in [3.05, 3.63) is 30.3 Å². The highest BCUT2D eigenvalue weighted by molar-refractivity contribution is 7.22. The van der Waals surface area contributed by atoms with Crippen molar-refractivity contribution in [3.8, 4) is 0 Å². The lowest BCUT2D eigenvalue weighted by Crippen LogP contribution is -1.99. The van der Waals surface area contributed by atoms with Gasteiger partial charge in [0.05, 0.1) is 0 Å². The Morgan fingerprint density at radius 3 is 2.56 bits per heavy atom. The fourth-order valence-corrected chi connectivity index (χ4v) is 2.39. The van der Waals surface area contributed by atoms with Gasteiger partial charge in [-0.15, -0.1) is 0 Å². The van der Waals surface area contributed by atoms with Crippen molar-refractivity contribution < 1.29 is 0 Å². The minimum absolute atomic E-state index is 0.136. The lowest BCUT2D eigenvalue weighted by Gasteiger charge is -1.99. The number of benzene rings is 1. The standard InChI is InChI=1S/C11H10N6S/c12-8-7-9(16-10(13)15-8)17-11(18-7)14-6-4-2-1-3-5-6/h1-5H,(H5,12,13,14,15,16,17). The van der Waals surface area contributed by atoms with Crippen LogP contribution in [0.15, 0.2) is 30.3 Å². The van der Waals surface area contributed by atoms with Crippen molar-refractivity contribution in [2.75, 3.05) is 16.8 Å². The molecule has 18 heavy (non-hydrogen) atoms. The quantitative estimate of drug-likeness (QED) is 0.649. The van der Waals surface area contributed by atoms with Gasteiger partial charge in [-0.25, -0.2) is 0 Å². The Morgan fingerprint density at radius 2 is 1.78 bits per heavy atom. The summed E-state index contributed by atoms with van der Waals surface area (Å²) in [7, 11) is 0. The molecule has 2 heterocycles. The number of nitrogen functional groups attached to an aromatic ring is 2. The molecule has 0 saturated heterocycles. The molecule has 7 heteroatoms. The molecule has 3 rings (SSSR count). The van der Waals surface area contributed by atoms with Crippen LogP contribution in [-0.2, 0) is 0 Å². The highest BCUT2D eigenvalue weighted by atomic mass is 32.1. The van der Waals surface area contributed by atoms with E-state index in [-0.39, 0.29) is 5.95 Å². The summed E-state index contributed by atoms with van der Waals surface area (Å²) in [4.78, 5) is 12.3. The van der Waals surface area contributed by atoms with Gasteiger partial charge in [-0.05, 0) is 12.1 Å². The molecule has 0 radical (unpaired) electrons. The fourth-order valence-electron chi connectivity index (χ4n) is 1.56. The van der Waals surface area contributed by atoms with Crippen LogP contribution in [0.5, 0.6) is 0 Å². The predicted octanol–water partition coefficient (Wildman–Crippen LogP) is 1.99. The van der Waals surface area contributed by atoms with Crippen molar-refractivity contribution in [3.63, 3.8) is 0 Å². The summed E-state index contributed by atoms with van der Waals surface area (Å²) in [6.07, 6.45) is 0. The van der Waals surface area contributed by atoms with Crippen LogP contribution >= 0.6 is 11.3 Å². The summed E-state index contributed by atoms with van der Waals surface area (Å²) in [5.74, 6) is 0.493. The zero-order valence-electron chi connectivity index (χ0n) is 9.29. The summed E-state index contributed by atoms with van der Waals surface area (Å²) < 4.78 is 0.739. The topological polar surface area (TPSA) is 103 Å². The van der Waals surface area contributed by atoms with Crippen LogP contribution in [0.4, 0.5) is 22.6 Å². The van der Waals surface area contributed by atoms with E-state index in [9.17, 15) is 0 Å². The minimum atomic E-state index is 0.136. The van der Waals surface area contributed by atoms with E-state index in [1.54, 1.807) is 0 Å². The third kappa shape index (κ3) is 1.91. The van der Waals surface area contributed by atoms with Crippen LogP contribution < -0.4 is 16.8 Å². The molecule has 0 aliphatic heterocycles. The first-order valence-corrected chi connectivity index (χ1v) is 6.05. The van der Waals surface area contributed by atoms with E-state index >= 15 is 0 Å². The molecule has 3 aromatic rings. The first-order chi connectivity index (χ1) is 8.72. The van der Waals surface area contributed by atoms with Gasteiger partial charge in [0.25, 0.3) is 0 Å². The summed E-state index contributed by atoms with van der Waals surface area (Å²) in [5, 5.41) is 3.89. The molecule has 0 amide bonds. The molecule has 0 spiro atoms. The molecule has 0 unspecified atom stereocenters. The van der Waals surface area contributed by atoms with E-state index in [1.165, 1.54) is 11.3 Å². The molecular weight excluding hydrogens is 248 g/mol. The second-order valence-corrected chi connectivity index (χ2v) is 4.63. The molecule has 0 bridgehead atoms. The molecular formula is C11H10N6S. The van der Waals surface area contributed by atoms with E-state index in [0.717, 1.165) is 10.4 Å². The molecule has 0 saturated carbocycles. The summed E-state index contributed by atoms with van der Waals surface area (Å²) in [6.45, 7) is 0. The van der Waals surface area contributed by atoms with Gasteiger partial charge in [0.1, 0.15) is 10.5 Å². The number of hydrogen-bond acceptors (Lipinski definition) is 7. The zero-order chi connectivity index (χ0) is 12.5. The Bertz CT molecular complexity index is 693. The molecule has 5 N–H and O–H groups in total. The van der Waals surface area contributed by atoms with Gasteiger partial charge in [-0.1, -0.05) is 29.5 Å². The lowest BCUT2D eigenvalue weighted by molar-refractivity contribution is 1.22. The van der Waals surface area contributed by atoms with E-state index in [2.05, 4.69) is 20.3 Å². The number of nitrogens with one attached hydrogen (secondary N) is 1. The van der Waals surface area contributed by atoms with Crippen molar-refractivity contribution in [2.24, 2.45) is 0 Å². The van der Waals surface area contributed by atoms with Crippen molar-refractivity contribution >= 4 is 44.3 Å². The number of aromatic nitrogens is 3. The number of thiazole rings is 1. The van der Waals surface area contributed by atoms with Crippen LogP contribution in [0.2, 0.25) is 0 Å². The Morgan fingerprint density at radius 1 is 1.00 bits per heavy atom. The molecule has 0 aliphatic carbocycles. The van der Waals surface area contributed by atoms with Gasteiger partial charge in [-0.2, -0.15) is 15.0 Å². The van der Waals surface area contributed by atoms with Crippen molar-refractivity contribution in [1.29, 1.82) is 0 Å². The molecule has 6 nitrogen and oxygen atoms in total. The number of hydrogen-bond donors (Lipinski definition) is 3. The molecule has 2 aromatic heterocycles. The van der Waals surface area contributed by atoms with Gasteiger partial charge in [0.15, 0.2) is 10.8 Å². The number of para-hydroxylation sites is 1. The SMILES string of the molecule is Nc1nc(N)c2sc(Nc3ccccc3)nc2n1. The number of nitrogens with two attached hydrogens (primary N) is 2. The lowest BCUT2D eigenvalue weighted by atomic mass is 10.3. The monoisotopic (exact) mass is 258 g/mol. The van der Waals surface area contributed by atoms with Crippen molar-refractivity contribution in [2.45, 2.75) is 0 Å². The van der Waals surface area contributed by atoms with Crippen LogP contribution in [-0.4, -0.2) is 15.0 Å². The first-order valence-electron chi connectivity index (χ1n) is 5.24. The summed E-state index contributed by atoms with van der Waals surface area (Å²) >= 11 is 1.40. The third-order valence-electron chi connectivity index (χ3n) is 2.32. The molecule has 1 aromatic carbocycles. The smallest absolute Gasteiger partial charge is 0.224 e. The van der Waals surface area contributed by atoms with Crippen LogP contribution in [0.3, 0.4) is 0 Å². The van der Waals surface area contributed by atoms with E-state index in [1.807, 2.05) is 30.3 Å². The number of nitrogens with zero attached hydrogens (tertiary/aromatic N) is 3. The number of rotatable bonds is 2. The largest absolute Gasteiger partial charge is 0.382 e. The van der Waals surface area contributed by atoms with E-state index < -0.39 is 0 Å².